The first-order chi connectivity index (χ1) is 16.6. The number of likely N-dealkylation sites (tertiary alicyclic amines) is 1. The maximum Gasteiger partial charge on any atom is 0.417 e. The molecule has 1 aliphatic heterocycles. The normalized spacial score (nSPS) is 18.4. The first-order valence-corrected chi connectivity index (χ1v) is 11.3. The van der Waals surface area contributed by atoms with Gasteiger partial charge in [0, 0.05) is 37.2 Å². The number of carbonyl (C=O) groups excluding carboxylic acids is 1. The quantitative estimate of drug-likeness (QED) is 0.491. The number of hydrogen-bond acceptors (Lipinski definition) is 5. The Labute approximate surface area is 200 Å². The molecule has 4 rings (SSSR count). The number of amides is 1. The first kappa shape index (κ1) is 24.6. The van der Waals surface area contributed by atoms with Gasteiger partial charge in [0.15, 0.2) is 5.82 Å². The van der Waals surface area contributed by atoms with Gasteiger partial charge in [-0.15, -0.1) is 0 Å². The monoisotopic (exact) mass is 487 g/mol. The molecular formula is C25H25F4N5O. The molecule has 2 atom stereocenters. The second kappa shape index (κ2) is 9.97. The molecule has 184 valence electrons. The highest BCUT2D eigenvalue weighted by Crippen LogP contribution is 2.31. The maximum absolute atomic E-state index is 14.3. The number of carbonyl (C=O) groups is 1. The van der Waals surface area contributed by atoms with E-state index in [0.717, 1.165) is 25.1 Å². The molecule has 0 unspecified atom stereocenters. The predicted octanol–water partition coefficient (Wildman–Crippen LogP) is 5.36. The van der Waals surface area contributed by atoms with Crippen molar-refractivity contribution in [2.75, 3.05) is 18.4 Å². The molecular weight excluding hydrogens is 462 g/mol. The molecule has 3 heterocycles. The van der Waals surface area contributed by atoms with Gasteiger partial charge in [-0.05, 0) is 61.6 Å². The largest absolute Gasteiger partial charge is 0.417 e. The Morgan fingerprint density at radius 2 is 1.91 bits per heavy atom. The van der Waals surface area contributed by atoms with Crippen LogP contribution in [0.5, 0.6) is 0 Å². The van der Waals surface area contributed by atoms with Crippen molar-refractivity contribution in [1.29, 1.82) is 0 Å². The molecule has 0 bridgehead atoms. The summed E-state index contributed by atoms with van der Waals surface area (Å²) in [7, 11) is 0. The van der Waals surface area contributed by atoms with Crippen LogP contribution in [0.25, 0.3) is 11.4 Å². The van der Waals surface area contributed by atoms with Crippen molar-refractivity contribution in [2.45, 2.75) is 38.9 Å². The summed E-state index contributed by atoms with van der Waals surface area (Å²) in [6.07, 6.45) is 1.09. The number of aromatic nitrogens is 3. The van der Waals surface area contributed by atoms with E-state index in [9.17, 15) is 22.4 Å². The standard InChI is InChI=1S/C25H25F4N5O/c1-15-5-3-10-34(20(15)14-33-21-7-6-17(13-32-21)25(27,28)29)24(35)22-16(2)11-18(26)12-19(22)23-30-8-4-9-31-23/h4,6-9,11-13,15,20H,3,5,10,14H2,1-2H3,(H,32,33)/t15-,20-/m1/s1. The van der Waals surface area contributed by atoms with Crippen LogP contribution in [0.2, 0.25) is 0 Å². The maximum atomic E-state index is 14.3. The van der Waals surface area contributed by atoms with Crippen LogP contribution in [0.15, 0.2) is 48.9 Å². The van der Waals surface area contributed by atoms with Gasteiger partial charge >= 0.3 is 6.18 Å². The third-order valence-corrected chi connectivity index (χ3v) is 6.28. The van der Waals surface area contributed by atoms with E-state index in [2.05, 4.69) is 20.3 Å². The van der Waals surface area contributed by atoms with E-state index in [1.54, 1.807) is 17.9 Å². The first-order valence-electron chi connectivity index (χ1n) is 11.3. The van der Waals surface area contributed by atoms with E-state index < -0.39 is 17.6 Å². The average Bonchev–Trinajstić information content (AvgIpc) is 2.82. The Kier molecular flexibility index (Phi) is 7.00. The summed E-state index contributed by atoms with van der Waals surface area (Å²) in [5.41, 5.74) is 0.312. The molecule has 3 aromatic rings. The van der Waals surface area contributed by atoms with Crippen LogP contribution >= 0.6 is 0 Å². The van der Waals surface area contributed by atoms with Crippen LogP contribution in [0.4, 0.5) is 23.4 Å². The highest BCUT2D eigenvalue weighted by Gasteiger charge is 2.35. The van der Waals surface area contributed by atoms with Crippen molar-refractivity contribution < 1.29 is 22.4 Å². The van der Waals surface area contributed by atoms with E-state index in [4.69, 9.17) is 0 Å². The van der Waals surface area contributed by atoms with Gasteiger partial charge in [0.1, 0.15) is 11.6 Å². The number of nitrogens with one attached hydrogen (secondary N) is 1. The molecule has 1 aromatic carbocycles. The second-order valence-corrected chi connectivity index (χ2v) is 8.71. The number of rotatable bonds is 5. The van der Waals surface area contributed by atoms with Crippen LogP contribution in [-0.4, -0.2) is 44.9 Å². The topological polar surface area (TPSA) is 71.0 Å². The average molecular weight is 488 g/mol. The highest BCUT2D eigenvalue weighted by molar-refractivity contribution is 6.01. The number of anilines is 1. The third-order valence-electron chi connectivity index (χ3n) is 6.28. The number of halogens is 4. The fraction of sp³-hybridized carbons (Fsp3) is 0.360. The zero-order valence-electron chi connectivity index (χ0n) is 19.3. The van der Waals surface area contributed by atoms with E-state index in [-0.39, 0.29) is 23.7 Å². The predicted molar refractivity (Wildman–Crippen MR) is 123 cm³/mol. The van der Waals surface area contributed by atoms with Crippen LogP contribution < -0.4 is 5.32 Å². The highest BCUT2D eigenvalue weighted by atomic mass is 19.4. The van der Waals surface area contributed by atoms with Crippen LogP contribution in [0, 0.1) is 18.7 Å². The van der Waals surface area contributed by atoms with Gasteiger partial charge in [0.05, 0.1) is 17.2 Å². The molecule has 35 heavy (non-hydrogen) atoms. The number of alkyl halides is 3. The van der Waals surface area contributed by atoms with Crippen molar-refractivity contribution in [2.24, 2.45) is 5.92 Å². The van der Waals surface area contributed by atoms with E-state index >= 15 is 0 Å². The lowest BCUT2D eigenvalue weighted by Gasteiger charge is -2.40. The number of aryl methyl sites for hydroxylation is 1. The summed E-state index contributed by atoms with van der Waals surface area (Å²) >= 11 is 0. The molecule has 0 aliphatic carbocycles. The van der Waals surface area contributed by atoms with Crippen molar-refractivity contribution in [1.82, 2.24) is 19.9 Å². The minimum atomic E-state index is -4.46. The van der Waals surface area contributed by atoms with Crippen molar-refractivity contribution >= 4 is 11.7 Å². The Bertz CT molecular complexity index is 1180. The summed E-state index contributed by atoms with van der Waals surface area (Å²) in [5, 5.41) is 3.07. The van der Waals surface area contributed by atoms with Crippen molar-refractivity contribution in [3.63, 3.8) is 0 Å². The fourth-order valence-electron chi connectivity index (χ4n) is 4.47. The van der Waals surface area contributed by atoms with Gasteiger partial charge in [0.2, 0.25) is 0 Å². The van der Waals surface area contributed by atoms with Gasteiger partial charge in [-0.1, -0.05) is 6.92 Å². The summed E-state index contributed by atoms with van der Waals surface area (Å²) in [4.78, 5) is 27.9. The molecule has 0 spiro atoms. The SMILES string of the molecule is Cc1cc(F)cc(-c2ncccn2)c1C(=O)N1CCC[C@@H](C)[C@H]1CNc1ccc(C(F)(F)F)cn1. The smallest absolute Gasteiger partial charge is 0.368 e. The van der Waals surface area contributed by atoms with E-state index in [1.165, 1.54) is 30.6 Å². The van der Waals surface area contributed by atoms with E-state index in [1.807, 2.05) is 6.92 Å². The molecule has 6 nitrogen and oxygen atoms in total. The Hall–Kier alpha value is -3.56. The number of pyridine rings is 1. The summed E-state index contributed by atoms with van der Waals surface area (Å²) in [6, 6.07) is 6.22. The molecule has 1 fully saturated rings. The van der Waals surface area contributed by atoms with Gasteiger partial charge < -0.3 is 10.2 Å². The Morgan fingerprint density at radius 1 is 1.17 bits per heavy atom. The Balaban J connectivity index is 1.60. The molecule has 1 saturated heterocycles. The van der Waals surface area contributed by atoms with Crippen LogP contribution in [0.1, 0.15) is 41.3 Å². The number of benzene rings is 1. The van der Waals surface area contributed by atoms with Gasteiger partial charge in [-0.2, -0.15) is 13.2 Å². The molecule has 1 N–H and O–H groups in total. The minimum Gasteiger partial charge on any atom is -0.368 e. The second-order valence-electron chi connectivity index (χ2n) is 8.71. The molecule has 10 heteroatoms. The molecule has 1 aliphatic rings. The third kappa shape index (κ3) is 5.41. The lowest BCUT2D eigenvalue weighted by atomic mass is 9.89. The minimum absolute atomic E-state index is 0.131. The van der Waals surface area contributed by atoms with Gasteiger partial charge in [-0.25, -0.2) is 19.3 Å². The summed E-state index contributed by atoms with van der Waals surface area (Å²) in [5.74, 6) is -0.0673. The van der Waals surface area contributed by atoms with Crippen LogP contribution in [-0.2, 0) is 6.18 Å². The zero-order valence-corrected chi connectivity index (χ0v) is 19.3. The number of hydrogen-bond donors (Lipinski definition) is 1. The van der Waals surface area contributed by atoms with Crippen molar-refractivity contribution in [3.8, 4) is 11.4 Å². The number of nitrogens with zero attached hydrogens (tertiary/aromatic N) is 4. The fourth-order valence-corrected chi connectivity index (χ4v) is 4.47. The van der Waals surface area contributed by atoms with Crippen LogP contribution in [0.3, 0.4) is 0 Å². The lowest BCUT2D eigenvalue weighted by molar-refractivity contribution is -0.137. The van der Waals surface area contributed by atoms with Crippen molar-refractivity contribution in [3.05, 3.63) is 71.4 Å². The lowest BCUT2D eigenvalue weighted by Crippen LogP contribution is -2.51. The zero-order chi connectivity index (χ0) is 25.2. The molecule has 0 saturated carbocycles. The molecule has 0 radical (unpaired) electrons. The number of piperidine rings is 1. The summed E-state index contributed by atoms with van der Waals surface area (Å²) in [6.45, 7) is 4.52. The molecule has 2 aromatic heterocycles. The van der Waals surface area contributed by atoms with Gasteiger partial charge in [-0.3, -0.25) is 4.79 Å². The van der Waals surface area contributed by atoms with Gasteiger partial charge in [0.25, 0.3) is 5.91 Å². The molecule has 1 amide bonds. The Morgan fingerprint density at radius 3 is 2.57 bits per heavy atom. The van der Waals surface area contributed by atoms with E-state index in [0.29, 0.717) is 35.6 Å². The summed E-state index contributed by atoms with van der Waals surface area (Å²) < 4.78 is 52.8.